The molecule has 1 N–H and O–H groups in total. The van der Waals surface area contributed by atoms with Gasteiger partial charge in [-0.2, -0.15) is 5.10 Å². The molecule has 8 aromatic rings. The lowest BCUT2D eigenvalue weighted by molar-refractivity contribution is 0.168. The van der Waals surface area contributed by atoms with E-state index in [-0.39, 0.29) is 6.10 Å². The van der Waals surface area contributed by atoms with Gasteiger partial charge in [0.15, 0.2) is 5.65 Å². The fraction of sp³-hybridized carbons (Fsp3) is 0.184. The van der Waals surface area contributed by atoms with E-state index >= 15 is 0 Å². The molecule has 0 aliphatic carbocycles. The second-order valence-electron chi connectivity index (χ2n) is 15.3. The summed E-state index contributed by atoms with van der Waals surface area (Å²) in [6, 6.07) is 53.0. The van der Waals surface area contributed by atoms with Gasteiger partial charge in [-0.25, -0.2) is 9.67 Å². The van der Waals surface area contributed by atoms with Crippen LogP contribution < -0.4 is 10.1 Å². The van der Waals surface area contributed by atoms with Crippen LogP contribution in [0.4, 0.5) is 5.82 Å². The second-order valence-corrected chi connectivity index (χ2v) is 15.3. The van der Waals surface area contributed by atoms with Crippen molar-refractivity contribution in [3.8, 4) is 5.75 Å². The van der Waals surface area contributed by atoms with Gasteiger partial charge < -0.3 is 10.1 Å². The van der Waals surface area contributed by atoms with Crippen LogP contribution in [0, 0.1) is 5.92 Å². The van der Waals surface area contributed by atoms with Crippen molar-refractivity contribution in [3.63, 3.8) is 0 Å². The Hall–Kier alpha value is -6.84. The van der Waals surface area contributed by atoms with Crippen molar-refractivity contribution in [1.29, 1.82) is 0 Å². The number of benzene rings is 5. The van der Waals surface area contributed by atoms with Crippen molar-refractivity contribution in [2.24, 2.45) is 5.92 Å². The minimum atomic E-state index is -0.884. The molecule has 3 aromatic heterocycles. The molecule has 9 heteroatoms. The number of rotatable bonds is 8. The van der Waals surface area contributed by atoms with Crippen LogP contribution in [0.3, 0.4) is 0 Å². The average molecular weight is 761 g/mol. The molecule has 58 heavy (non-hydrogen) atoms. The SMILES string of the molecule is CNc1cc(/C2=C/CN3C[C@H](Cc4ccccc4)[C@@H](C3)Oc3cccc(c3)Cn3cc2cn3)c2nnn(C(c3ccccc3)(c3ccccc3)c3ccccc3)c2n1. The number of anilines is 1. The predicted molar refractivity (Wildman–Crippen MR) is 229 cm³/mol. The molecule has 0 radical (unpaired) electrons. The Morgan fingerprint density at radius 3 is 2.10 bits per heavy atom. The average Bonchev–Trinajstić information content (AvgIpc) is 4.02. The van der Waals surface area contributed by atoms with E-state index in [0.29, 0.717) is 23.6 Å². The van der Waals surface area contributed by atoms with E-state index in [4.69, 9.17) is 25.1 Å². The van der Waals surface area contributed by atoms with Crippen LogP contribution in [0.15, 0.2) is 170 Å². The Balaban J connectivity index is 1.15. The third-order valence-corrected chi connectivity index (χ3v) is 11.7. The lowest BCUT2D eigenvalue weighted by Crippen LogP contribution is -2.38. The Morgan fingerprint density at radius 2 is 1.43 bits per heavy atom. The van der Waals surface area contributed by atoms with E-state index in [1.54, 1.807) is 0 Å². The molecule has 1 saturated heterocycles. The molecular weight excluding hydrogens is 717 g/mol. The number of nitrogens with zero attached hydrogens (tertiary/aromatic N) is 7. The van der Waals surface area contributed by atoms with Crippen LogP contribution in [-0.4, -0.2) is 67.4 Å². The molecule has 0 amide bonds. The standard InChI is InChI=1S/C49H44N8O/c1-50-46-29-44(47-48(52-46)57(54-53-47)49(39-18-8-3-9-19-39,40-20-10-4-11-21-40)41-22-12-5-13-23-41)43-25-26-55-32-37(27-35-15-6-2-7-16-35)45(34-55)58-42-24-14-17-36(28-42)31-56-33-38(43)30-51-56/h2-25,28-30,33,37,45H,26-27,31-32,34H2,1H3,(H,50,52)/b43-25+/t37-,45+/m0/s1. The molecule has 6 bridgehead atoms. The monoisotopic (exact) mass is 760 g/mol. The van der Waals surface area contributed by atoms with E-state index < -0.39 is 5.54 Å². The minimum Gasteiger partial charge on any atom is -0.489 e. The first-order chi connectivity index (χ1) is 28.7. The molecule has 1 fully saturated rings. The molecule has 10 rings (SSSR count). The number of hydrogen-bond acceptors (Lipinski definition) is 7. The molecule has 0 spiro atoms. The highest BCUT2D eigenvalue weighted by Gasteiger charge is 2.42. The van der Waals surface area contributed by atoms with Crippen molar-refractivity contribution in [1.82, 2.24) is 34.7 Å². The van der Waals surface area contributed by atoms with Crippen LogP contribution in [0.5, 0.6) is 5.75 Å². The molecule has 2 aliphatic heterocycles. The first-order valence-electron chi connectivity index (χ1n) is 20.0. The van der Waals surface area contributed by atoms with Gasteiger partial charge in [-0.3, -0.25) is 9.58 Å². The number of ether oxygens (including phenoxy) is 1. The zero-order valence-corrected chi connectivity index (χ0v) is 32.4. The summed E-state index contributed by atoms with van der Waals surface area (Å²) >= 11 is 0. The van der Waals surface area contributed by atoms with Gasteiger partial charge in [0.2, 0.25) is 0 Å². The summed E-state index contributed by atoms with van der Waals surface area (Å²) in [5.74, 6) is 1.96. The summed E-state index contributed by atoms with van der Waals surface area (Å²) in [6.07, 6.45) is 7.44. The molecule has 9 nitrogen and oxygen atoms in total. The Bertz CT molecular complexity index is 2600. The maximum absolute atomic E-state index is 6.83. The van der Waals surface area contributed by atoms with Gasteiger partial charge in [0, 0.05) is 49.9 Å². The van der Waals surface area contributed by atoms with Crippen molar-refractivity contribution in [3.05, 3.63) is 209 Å². The largest absolute Gasteiger partial charge is 0.489 e. The molecule has 0 saturated carbocycles. The van der Waals surface area contributed by atoms with Gasteiger partial charge in [-0.1, -0.05) is 145 Å². The minimum absolute atomic E-state index is 0.0493. The van der Waals surface area contributed by atoms with E-state index in [1.165, 1.54) is 5.56 Å². The van der Waals surface area contributed by atoms with Crippen LogP contribution in [0.2, 0.25) is 0 Å². The summed E-state index contributed by atoms with van der Waals surface area (Å²) in [5.41, 5.74) is 9.08. The van der Waals surface area contributed by atoms with Crippen molar-refractivity contribution in [2.45, 2.75) is 24.6 Å². The van der Waals surface area contributed by atoms with E-state index in [9.17, 15) is 0 Å². The first-order valence-corrected chi connectivity index (χ1v) is 20.0. The van der Waals surface area contributed by atoms with Gasteiger partial charge in [-0.05, 0) is 58.0 Å². The molecule has 5 heterocycles. The maximum atomic E-state index is 6.83. The summed E-state index contributed by atoms with van der Waals surface area (Å²) in [7, 11) is 1.91. The molecule has 5 aromatic carbocycles. The molecule has 3 atom stereocenters. The van der Waals surface area contributed by atoms with E-state index in [0.717, 1.165) is 76.6 Å². The molecule has 1 unspecified atom stereocenters. The molecule has 286 valence electrons. The number of pyridine rings is 1. The fourth-order valence-electron chi connectivity index (χ4n) is 8.96. The smallest absolute Gasteiger partial charge is 0.182 e. The van der Waals surface area contributed by atoms with Gasteiger partial charge in [-0.15, -0.1) is 5.10 Å². The van der Waals surface area contributed by atoms with Crippen molar-refractivity contribution < 1.29 is 4.74 Å². The normalized spacial score (nSPS) is 18.8. The lowest BCUT2D eigenvalue weighted by Gasteiger charge is -2.36. The van der Waals surface area contributed by atoms with Crippen LogP contribution in [0.1, 0.15) is 38.9 Å². The maximum Gasteiger partial charge on any atom is 0.182 e. The Labute approximate surface area is 338 Å². The highest BCUT2D eigenvalue weighted by Crippen LogP contribution is 2.43. The van der Waals surface area contributed by atoms with Crippen molar-refractivity contribution in [2.75, 3.05) is 32.0 Å². The zero-order valence-electron chi connectivity index (χ0n) is 32.4. The summed E-state index contributed by atoms with van der Waals surface area (Å²) in [5, 5.41) is 18.4. The van der Waals surface area contributed by atoms with Crippen LogP contribution in [-0.2, 0) is 18.5 Å². The van der Waals surface area contributed by atoms with Crippen LogP contribution >= 0.6 is 0 Å². The van der Waals surface area contributed by atoms with E-state index in [1.807, 2.05) is 22.6 Å². The number of nitrogens with one attached hydrogen (secondary N) is 1. The topological polar surface area (TPSA) is 85.9 Å². The lowest BCUT2D eigenvalue weighted by atomic mass is 9.77. The number of aromatic nitrogens is 6. The summed E-state index contributed by atoms with van der Waals surface area (Å²) in [4.78, 5) is 7.76. The molecular formula is C49H44N8O. The summed E-state index contributed by atoms with van der Waals surface area (Å²) in [6.45, 7) is 3.08. The number of fused-ring (bicyclic) bond motifs is 7. The number of hydrogen-bond donors (Lipinski definition) is 1. The quantitative estimate of drug-likeness (QED) is 0.156. The molecule has 2 aliphatic rings. The second kappa shape index (κ2) is 15.2. The third-order valence-electron chi connectivity index (χ3n) is 11.7. The predicted octanol–water partition coefficient (Wildman–Crippen LogP) is 8.32. The summed E-state index contributed by atoms with van der Waals surface area (Å²) < 4.78 is 10.8. The van der Waals surface area contributed by atoms with Gasteiger partial charge in [0.05, 0.1) is 12.7 Å². The fourth-order valence-corrected chi connectivity index (χ4v) is 8.96. The van der Waals surface area contributed by atoms with Gasteiger partial charge >= 0.3 is 0 Å². The van der Waals surface area contributed by atoms with Crippen molar-refractivity contribution >= 4 is 22.6 Å². The Morgan fingerprint density at radius 1 is 0.759 bits per heavy atom. The third kappa shape index (κ3) is 6.53. The highest BCUT2D eigenvalue weighted by molar-refractivity contribution is 5.94. The van der Waals surface area contributed by atoms with Gasteiger partial charge in [0.1, 0.15) is 28.7 Å². The van der Waals surface area contributed by atoms with E-state index in [2.05, 4.69) is 174 Å². The first kappa shape index (κ1) is 35.6. The van der Waals surface area contributed by atoms with Crippen LogP contribution in [0.25, 0.3) is 16.7 Å². The Kier molecular flexibility index (Phi) is 9.35. The highest BCUT2D eigenvalue weighted by atomic mass is 16.5. The van der Waals surface area contributed by atoms with Gasteiger partial charge in [0.25, 0.3) is 0 Å². The zero-order chi connectivity index (χ0) is 38.9.